The third-order valence-corrected chi connectivity index (χ3v) is 6.07. The van der Waals surface area contributed by atoms with E-state index < -0.39 is 11.9 Å². The number of aromatic hydroxyl groups is 1. The molecule has 0 unspecified atom stereocenters. The summed E-state index contributed by atoms with van der Waals surface area (Å²) in [5.74, 6) is -1.60. The number of ether oxygens (including phenoxy) is 2. The van der Waals surface area contributed by atoms with Crippen LogP contribution in [0.1, 0.15) is 24.0 Å². The predicted octanol–water partition coefficient (Wildman–Crippen LogP) is 2.48. The quantitative estimate of drug-likeness (QED) is 0.465. The summed E-state index contributed by atoms with van der Waals surface area (Å²) in [5, 5.41) is 24.7. The molecule has 1 heterocycles. The van der Waals surface area contributed by atoms with E-state index in [0.29, 0.717) is 23.8 Å². The van der Waals surface area contributed by atoms with Gasteiger partial charge >= 0.3 is 11.9 Å². The zero-order valence-electron chi connectivity index (χ0n) is 20.8. The first-order valence-electron chi connectivity index (χ1n) is 11.6. The van der Waals surface area contributed by atoms with Crippen molar-refractivity contribution in [1.29, 1.82) is 0 Å². The van der Waals surface area contributed by atoms with E-state index in [1.165, 1.54) is 0 Å². The molecular weight excluding hydrogens is 468 g/mol. The van der Waals surface area contributed by atoms with Crippen molar-refractivity contribution in [2.24, 2.45) is 5.92 Å². The van der Waals surface area contributed by atoms with Crippen molar-refractivity contribution >= 4 is 17.8 Å². The number of piperidine rings is 1. The van der Waals surface area contributed by atoms with Crippen LogP contribution in [0, 0.1) is 5.92 Å². The summed E-state index contributed by atoms with van der Waals surface area (Å²) in [6.07, 6.45) is 2.48. The summed E-state index contributed by atoms with van der Waals surface area (Å²) in [7, 11) is 5.14. The third kappa shape index (κ3) is 8.46. The van der Waals surface area contributed by atoms with Gasteiger partial charge < -0.3 is 29.7 Å². The summed E-state index contributed by atoms with van der Waals surface area (Å²) in [5.41, 5.74) is 2.05. The number of carboxylic acids is 2. The second-order valence-corrected chi connectivity index (χ2v) is 8.49. The highest BCUT2D eigenvalue weighted by molar-refractivity contribution is 6.27. The van der Waals surface area contributed by atoms with Crippen LogP contribution in [0.3, 0.4) is 0 Å². The normalized spacial score (nSPS) is 13.8. The molecule has 3 N–H and O–H groups in total. The van der Waals surface area contributed by atoms with Gasteiger partial charge in [-0.2, -0.15) is 0 Å². The number of phenolic OH excluding ortho intramolecular Hbond substituents is 1. The number of methoxy groups -OCH3 is 2. The van der Waals surface area contributed by atoms with Gasteiger partial charge in [0.1, 0.15) is 5.75 Å². The van der Waals surface area contributed by atoms with E-state index in [1.54, 1.807) is 20.3 Å². The standard InChI is InChI=1S/C24H32N2O4.C2H2O4/c1-25(13-10-18-8-9-22(29-2)23(16-18)30-3)24(28)19-11-14-26(15-12-19)17-20-6-4-5-7-21(20)27;3-1(4)2(5)6/h4-9,16,19,27H,10-15,17H2,1-3H3;(H,3,4)(H,5,6). The Balaban J connectivity index is 0.000000678. The molecule has 196 valence electrons. The van der Waals surface area contributed by atoms with Crippen molar-refractivity contribution in [3.8, 4) is 17.2 Å². The number of hydrogen-bond donors (Lipinski definition) is 3. The van der Waals surface area contributed by atoms with Gasteiger partial charge in [-0.05, 0) is 56.1 Å². The minimum absolute atomic E-state index is 0.0704. The van der Waals surface area contributed by atoms with Crippen LogP contribution < -0.4 is 9.47 Å². The lowest BCUT2D eigenvalue weighted by molar-refractivity contribution is -0.159. The van der Waals surface area contributed by atoms with Crippen LogP contribution in [0.5, 0.6) is 17.2 Å². The Morgan fingerprint density at radius 2 is 1.58 bits per heavy atom. The first-order valence-corrected chi connectivity index (χ1v) is 11.6. The van der Waals surface area contributed by atoms with E-state index in [-0.39, 0.29) is 11.8 Å². The number of phenols is 1. The van der Waals surface area contributed by atoms with Crippen molar-refractivity contribution in [2.45, 2.75) is 25.8 Å². The Bertz CT molecular complexity index is 1020. The number of carboxylic acid groups (broad SMARTS) is 2. The van der Waals surface area contributed by atoms with E-state index in [9.17, 15) is 9.90 Å². The maximum absolute atomic E-state index is 12.9. The van der Waals surface area contributed by atoms with Gasteiger partial charge in [0.2, 0.25) is 5.91 Å². The van der Waals surface area contributed by atoms with Crippen LogP contribution >= 0.6 is 0 Å². The fraction of sp³-hybridized carbons (Fsp3) is 0.423. The minimum atomic E-state index is -1.82. The van der Waals surface area contributed by atoms with Gasteiger partial charge in [0.05, 0.1) is 14.2 Å². The average molecular weight is 503 g/mol. The third-order valence-electron chi connectivity index (χ3n) is 6.07. The first-order chi connectivity index (χ1) is 17.2. The molecule has 10 heteroatoms. The van der Waals surface area contributed by atoms with Gasteiger partial charge in [0.15, 0.2) is 11.5 Å². The van der Waals surface area contributed by atoms with Crippen LogP contribution in [0.25, 0.3) is 0 Å². The van der Waals surface area contributed by atoms with Gasteiger partial charge in [-0.1, -0.05) is 24.3 Å². The number of carbonyl (C=O) groups excluding carboxylic acids is 1. The van der Waals surface area contributed by atoms with E-state index >= 15 is 0 Å². The predicted molar refractivity (Wildman–Crippen MR) is 132 cm³/mol. The van der Waals surface area contributed by atoms with Crippen molar-refractivity contribution in [2.75, 3.05) is 40.9 Å². The molecule has 0 aromatic heterocycles. The SMILES string of the molecule is COc1ccc(CCN(C)C(=O)C2CCN(Cc3ccccc3O)CC2)cc1OC.O=C(O)C(=O)O. The zero-order valence-corrected chi connectivity index (χ0v) is 20.8. The van der Waals surface area contributed by atoms with Crippen molar-refractivity contribution in [1.82, 2.24) is 9.80 Å². The van der Waals surface area contributed by atoms with E-state index in [0.717, 1.165) is 50.0 Å². The molecule has 0 aliphatic carbocycles. The molecule has 2 aromatic carbocycles. The molecule has 0 atom stereocenters. The first kappa shape index (κ1) is 28.4. The maximum atomic E-state index is 12.9. The number of amides is 1. The average Bonchev–Trinajstić information content (AvgIpc) is 2.88. The van der Waals surface area contributed by atoms with Crippen molar-refractivity contribution in [3.63, 3.8) is 0 Å². The van der Waals surface area contributed by atoms with E-state index in [4.69, 9.17) is 29.3 Å². The number of para-hydroxylation sites is 1. The Morgan fingerprint density at radius 3 is 2.14 bits per heavy atom. The van der Waals surface area contributed by atoms with Crippen molar-refractivity contribution < 1.29 is 39.2 Å². The van der Waals surface area contributed by atoms with Gasteiger partial charge in [-0.3, -0.25) is 9.69 Å². The summed E-state index contributed by atoms with van der Waals surface area (Å²) < 4.78 is 10.6. The summed E-state index contributed by atoms with van der Waals surface area (Å²) in [6.45, 7) is 3.14. The highest BCUT2D eigenvalue weighted by Gasteiger charge is 2.27. The highest BCUT2D eigenvalue weighted by Crippen LogP contribution is 2.28. The number of hydrogen-bond acceptors (Lipinski definition) is 7. The topological polar surface area (TPSA) is 137 Å². The largest absolute Gasteiger partial charge is 0.508 e. The molecule has 1 saturated heterocycles. The second kappa shape index (κ2) is 13.9. The second-order valence-electron chi connectivity index (χ2n) is 8.49. The number of carbonyl (C=O) groups is 3. The lowest BCUT2D eigenvalue weighted by Crippen LogP contribution is -2.41. The highest BCUT2D eigenvalue weighted by atomic mass is 16.5. The lowest BCUT2D eigenvalue weighted by atomic mass is 9.95. The fourth-order valence-electron chi connectivity index (χ4n) is 3.98. The smallest absolute Gasteiger partial charge is 0.414 e. The molecule has 2 aromatic rings. The van der Waals surface area contributed by atoms with Gasteiger partial charge in [-0.25, -0.2) is 9.59 Å². The molecule has 10 nitrogen and oxygen atoms in total. The van der Waals surface area contributed by atoms with Crippen LogP contribution in [-0.2, 0) is 27.3 Å². The Kier molecular flexibility index (Phi) is 11.0. The Morgan fingerprint density at radius 1 is 0.972 bits per heavy atom. The number of rotatable bonds is 8. The minimum Gasteiger partial charge on any atom is -0.508 e. The van der Waals surface area contributed by atoms with E-state index in [1.807, 2.05) is 48.3 Å². The summed E-state index contributed by atoms with van der Waals surface area (Å²) in [6, 6.07) is 13.3. The molecule has 3 rings (SSSR count). The molecule has 0 saturated carbocycles. The van der Waals surface area contributed by atoms with Gasteiger partial charge in [-0.15, -0.1) is 0 Å². The molecule has 1 aliphatic heterocycles. The maximum Gasteiger partial charge on any atom is 0.414 e. The van der Waals surface area contributed by atoms with Crippen molar-refractivity contribution in [3.05, 3.63) is 53.6 Å². The molecule has 0 bridgehead atoms. The lowest BCUT2D eigenvalue weighted by Gasteiger charge is -2.33. The van der Waals surface area contributed by atoms with Crippen LogP contribution in [0.4, 0.5) is 0 Å². The molecular formula is C26H34N2O8. The number of nitrogens with zero attached hydrogens (tertiary/aromatic N) is 2. The van der Waals surface area contributed by atoms with Crippen LogP contribution in [0.2, 0.25) is 0 Å². The zero-order chi connectivity index (χ0) is 26.7. The fourth-order valence-corrected chi connectivity index (χ4v) is 3.98. The number of likely N-dealkylation sites (tertiary alicyclic amines) is 1. The Labute approximate surface area is 210 Å². The molecule has 1 aliphatic rings. The van der Waals surface area contributed by atoms with E-state index in [2.05, 4.69) is 4.90 Å². The molecule has 1 amide bonds. The van der Waals surface area contributed by atoms with Gasteiger partial charge in [0, 0.05) is 31.6 Å². The number of likely N-dealkylation sites (N-methyl/N-ethyl adjacent to an activating group) is 1. The summed E-state index contributed by atoms with van der Waals surface area (Å²) in [4.78, 5) is 35.2. The number of benzene rings is 2. The molecule has 36 heavy (non-hydrogen) atoms. The Hall–Kier alpha value is -3.79. The number of aliphatic carboxylic acids is 2. The molecule has 1 fully saturated rings. The summed E-state index contributed by atoms with van der Waals surface area (Å²) >= 11 is 0. The van der Waals surface area contributed by atoms with Gasteiger partial charge in [0.25, 0.3) is 0 Å². The monoisotopic (exact) mass is 502 g/mol. The molecule has 0 radical (unpaired) electrons. The van der Waals surface area contributed by atoms with Crippen LogP contribution in [0.15, 0.2) is 42.5 Å². The molecule has 0 spiro atoms. The van der Waals surface area contributed by atoms with Crippen LogP contribution in [-0.4, -0.2) is 83.9 Å².